The summed E-state index contributed by atoms with van der Waals surface area (Å²) in [5.41, 5.74) is 2.76. The molecule has 1 atom stereocenters. The van der Waals surface area contributed by atoms with Crippen molar-refractivity contribution in [2.75, 3.05) is 19.7 Å². The van der Waals surface area contributed by atoms with Crippen LogP contribution in [0.4, 0.5) is 0 Å². The molecule has 116 valence electrons. The lowest BCUT2D eigenvalue weighted by Gasteiger charge is -2.40. The molecule has 0 spiro atoms. The molecule has 0 radical (unpaired) electrons. The molecule has 2 heteroatoms. The van der Waals surface area contributed by atoms with Gasteiger partial charge < -0.3 is 5.11 Å². The van der Waals surface area contributed by atoms with E-state index in [2.05, 4.69) is 65.6 Å². The largest absolute Gasteiger partial charge is 0.395 e. The van der Waals surface area contributed by atoms with Gasteiger partial charge in [0, 0.05) is 18.5 Å². The quantitative estimate of drug-likeness (QED) is 0.910. The SMILES string of the molecule is OCCN1CCCC[C@H]1C(c1ccccc1)c1ccccc1. The van der Waals surface area contributed by atoms with E-state index in [0.29, 0.717) is 12.0 Å². The molecule has 3 rings (SSSR count). The number of β-amino-alcohol motifs (C(OH)–C–C–N with tert-alkyl or cyclic N) is 1. The van der Waals surface area contributed by atoms with E-state index in [-0.39, 0.29) is 6.61 Å². The third-order valence-corrected chi connectivity index (χ3v) is 4.75. The predicted octanol–water partition coefficient (Wildman–Crippen LogP) is 3.67. The first kappa shape index (κ1) is 15.3. The lowest BCUT2D eigenvalue weighted by atomic mass is 9.80. The van der Waals surface area contributed by atoms with Gasteiger partial charge in [-0.2, -0.15) is 0 Å². The standard InChI is InChI=1S/C20H25NO/c22-16-15-21-14-8-7-13-19(21)20(17-9-3-1-4-10-17)18-11-5-2-6-12-18/h1-6,9-12,19-20,22H,7-8,13-16H2/t19-/m0/s1. The van der Waals surface area contributed by atoms with Gasteiger partial charge >= 0.3 is 0 Å². The van der Waals surface area contributed by atoms with Gasteiger partial charge in [0.05, 0.1) is 6.61 Å². The van der Waals surface area contributed by atoms with Crippen LogP contribution in [0.3, 0.4) is 0 Å². The van der Waals surface area contributed by atoms with Crippen molar-refractivity contribution in [3.63, 3.8) is 0 Å². The summed E-state index contributed by atoms with van der Waals surface area (Å²) in [7, 11) is 0. The molecule has 0 unspecified atom stereocenters. The topological polar surface area (TPSA) is 23.5 Å². The van der Waals surface area contributed by atoms with E-state index in [1.807, 2.05) is 0 Å². The van der Waals surface area contributed by atoms with Crippen molar-refractivity contribution < 1.29 is 5.11 Å². The third-order valence-electron chi connectivity index (χ3n) is 4.75. The van der Waals surface area contributed by atoms with Crippen LogP contribution < -0.4 is 0 Å². The molecule has 0 amide bonds. The minimum Gasteiger partial charge on any atom is -0.395 e. The summed E-state index contributed by atoms with van der Waals surface area (Å²) in [6.07, 6.45) is 3.73. The zero-order valence-corrected chi connectivity index (χ0v) is 13.1. The van der Waals surface area contributed by atoms with Gasteiger partial charge in [0.1, 0.15) is 0 Å². The first-order chi connectivity index (χ1) is 10.9. The Morgan fingerprint density at radius 3 is 2.05 bits per heavy atom. The van der Waals surface area contributed by atoms with Gasteiger partial charge in [0.2, 0.25) is 0 Å². The molecule has 1 aliphatic rings. The van der Waals surface area contributed by atoms with Crippen molar-refractivity contribution in [1.29, 1.82) is 0 Å². The molecule has 1 fully saturated rings. The molecule has 0 bridgehead atoms. The number of nitrogens with zero attached hydrogens (tertiary/aromatic N) is 1. The maximum Gasteiger partial charge on any atom is 0.0558 e. The molecule has 1 aliphatic heterocycles. The highest BCUT2D eigenvalue weighted by Gasteiger charge is 2.31. The number of hydrogen-bond donors (Lipinski definition) is 1. The molecule has 2 aromatic rings. The Balaban J connectivity index is 1.97. The Kier molecular flexibility index (Phi) is 5.25. The molecule has 1 heterocycles. The van der Waals surface area contributed by atoms with Crippen LogP contribution in [0.5, 0.6) is 0 Å². The molecule has 2 aromatic carbocycles. The van der Waals surface area contributed by atoms with Gasteiger partial charge in [-0.1, -0.05) is 67.1 Å². The molecule has 0 aliphatic carbocycles. The van der Waals surface area contributed by atoms with Crippen molar-refractivity contribution in [2.45, 2.75) is 31.2 Å². The number of benzene rings is 2. The van der Waals surface area contributed by atoms with Gasteiger partial charge in [-0.3, -0.25) is 4.90 Å². The number of likely N-dealkylation sites (tertiary alicyclic amines) is 1. The van der Waals surface area contributed by atoms with Crippen LogP contribution >= 0.6 is 0 Å². The van der Waals surface area contributed by atoms with Gasteiger partial charge in [0.15, 0.2) is 0 Å². The fourth-order valence-electron chi connectivity index (χ4n) is 3.76. The van der Waals surface area contributed by atoms with E-state index >= 15 is 0 Å². The second-order valence-electron chi connectivity index (χ2n) is 6.12. The Morgan fingerprint density at radius 2 is 1.50 bits per heavy atom. The van der Waals surface area contributed by atoms with E-state index in [4.69, 9.17) is 0 Å². The van der Waals surface area contributed by atoms with E-state index in [1.54, 1.807) is 0 Å². The molecule has 0 saturated carbocycles. The minimum absolute atomic E-state index is 0.243. The summed E-state index contributed by atoms with van der Waals surface area (Å²) in [5, 5.41) is 9.42. The summed E-state index contributed by atoms with van der Waals surface area (Å²) in [6.45, 7) is 2.12. The monoisotopic (exact) mass is 295 g/mol. The molecule has 1 saturated heterocycles. The van der Waals surface area contributed by atoms with E-state index in [0.717, 1.165) is 13.1 Å². The third kappa shape index (κ3) is 3.40. The Hall–Kier alpha value is -1.64. The molecular formula is C20H25NO. The van der Waals surface area contributed by atoms with E-state index in [9.17, 15) is 5.11 Å². The summed E-state index contributed by atoms with van der Waals surface area (Å²) in [6, 6.07) is 22.1. The van der Waals surface area contributed by atoms with Crippen LogP contribution in [0.25, 0.3) is 0 Å². The number of rotatable bonds is 5. The van der Waals surface area contributed by atoms with Crippen molar-refractivity contribution in [2.24, 2.45) is 0 Å². The van der Waals surface area contributed by atoms with Crippen LogP contribution in [0, 0.1) is 0 Å². The van der Waals surface area contributed by atoms with Crippen LogP contribution in [0.2, 0.25) is 0 Å². The highest BCUT2D eigenvalue weighted by Crippen LogP contribution is 2.35. The average molecular weight is 295 g/mol. The van der Waals surface area contributed by atoms with Gasteiger partial charge in [-0.15, -0.1) is 0 Å². The molecule has 0 aromatic heterocycles. The van der Waals surface area contributed by atoms with Crippen molar-refractivity contribution >= 4 is 0 Å². The van der Waals surface area contributed by atoms with Crippen molar-refractivity contribution in [3.05, 3.63) is 71.8 Å². The van der Waals surface area contributed by atoms with Crippen molar-refractivity contribution in [3.8, 4) is 0 Å². The Bertz CT molecular complexity index is 513. The average Bonchev–Trinajstić information content (AvgIpc) is 2.59. The summed E-state index contributed by atoms with van der Waals surface area (Å²) in [4.78, 5) is 2.48. The van der Waals surface area contributed by atoms with Crippen LogP contribution in [-0.2, 0) is 0 Å². The minimum atomic E-state index is 0.243. The van der Waals surface area contributed by atoms with Gasteiger partial charge in [-0.05, 0) is 30.5 Å². The fourth-order valence-corrected chi connectivity index (χ4v) is 3.76. The first-order valence-electron chi connectivity index (χ1n) is 8.35. The number of piperidine rings is 1. The first-order valence-corrected chi connectivity index (χ1v) is 8.35. The molecule has 2 nitrogen and oxygen atoms in total. The highest BCUT2D eigenvalue weighted by molar-refractivity contribution is 5.34. The highest BCUT2D eigenvalue weighted by atomic mass is 16.3. The van der Waals surface area contributed by atoms with Gasteiger partial charge in [0.25, 0.3) is 0 Å². The van der Waals surface area contributed by atoms with E-state index in [1.165, 1.54) is 30.4 Å². The van der Waals surface area contributed by atoms with Gasteiger partial charge in [-0.25, -0.2) is 0 Å². The molecule has 1 N–H and O–H groups in total. The normalized spacial score (nSPS) is 19.5. The predicted molar refractivity (Wildman–Crippen MR) is 91.0 cm³/mol. The number of hydrogen-bond acceptors (Lipinski definition) is 2. The molecule has 22 heavy (non-hydrogen) atoms. The zero-order chi connectivity index (χ0) is 15.2. The summed E-state index contributed by atoms with van der Waals surface area (Å²) in [5.74, 6) is 0.384. The summed E-state index contributed by atoms with van der Waals surface area (Å²) >= 11 is 0. The maximum atomic E-state index is 9.42. The van der Waals surface area contributed by atoms with Crippen LogP contribution in [0.15, 0.2) is 60.7 Å². The second-order valence-corrected chi connectivity index (χ2v) is 6.12. The number of aliphatic hydroxyl groups excluding tert-OH is 1. The lowest BCUT2D eigenvalue weighted by Crippen LogP contribution is -2.44. The molecular weight excluding hydrogens is 270 g/mol. The zero-order valence-electron chi connectivity index (χ0n) is 13.1. The fraction of sp³-hybridized carbons (Fsp3) is 0.400. The lowest BCUT2D eigenvalue weighted by molar-refractivity contribution is 0.107. The number of aliphatic hydroxyl groups is 1. The Morgan fingerprint density at radius 1 is 0.909 bits per heavy atom. The van der Waals surface area contributed by atoms with Crippen LogP contribution in [-0.4, -0.2) is 35.7 Å². The Labute approximate surface area is 133 Å². The van der Waals surface area contributed by atoms with Crippen LogP contribution in [0.1, 0.15) is 36.3 Å². The summed E-state index contributed by atoms with van der Waals surface area (Å²) < 4.78 is 0. The van der Waals surface area contributed by atoms with E-state index < -0.39 is 0 Å². The smallest absolute Gasteiger partial charge is 0.0558 e. The van der Waals surface area contributed by atoms with Crippen molar-refractivity contribution in [1.82, 2.24) is 4.90 Å². The maximum absolute atomic E-state index is 9.42. The second kappa shape index (κ2) is 7.57.